The molecule has 136 valence electrons. The van der Waals surface area contributed by atoms with Crippen molar-refractivity contribution in [3.8, 4) is 0 Å². The molecule has 0 aromatic heterocycles. The Morgan fingerprint density at radius 1 is 0.885 bits per heavy atom. The van der Waals surface area contributed by atoms with Gasteiger partial charge in [0.15, 0.2) is 0 Å². The third-order valence-corrected chi connectivity index (χ3v) is 4.93. The highest BCUT2D eigenvalue weighted by Gasteiger charge is 2.34. The maximum absolute atomic E-state index is 12.2. The molecule has 0 bridgehead atoms. The quantitative estimate of drug-likeness (QED) is 0.508. The highest BCUT2D eigenvalue weighted by Crippen LogP contribution is 2.28. The topological polar surface area (TPSA) is 40.6 Å². The zero-order valence-corrected chi connectivity index (χ0v) is 15.4. The number of amides is 1. The lowest BCUT2D eigenvalue weighted by Crippen LogP contribution is -2.30. The van der Waals surface area contributed by atoms with Crippen LogP contribution in [0.3, 0.4) is 0 Å². The van der Waals surface area contributed by atoms with E-state index in [-0.39, 0.29) is 11.7 Å². The summed E-state index contributed by atoms with van der Waals surface area (Å²) >= 11 is 0. The van der Waals surface area contributed by atoms with Crippen LogP contribution in [0.4, 0.5) is 5.69 Å². The van der Waals surface area contributed by atoms with E-state index < -0.39 is 0 Å². The minimum absolute atomic E-state index is 0.374. The van der Waals surface area contributed by atoms with Crippen molar-refractivity contribution in [2.24, 2.45) is 0 Å². The van der Waals surface area contributed by atoms with E-state index in [9.17, 15) is 9.59 Å². The molecule has 0 spiro atoms. The summed E-state index contributed by atoms with van der Waals surface area (Å²) in [5.41, 5.74) is 2.64. The fourth-order valence-corrected chi connectivity index (χ4v) is 3.44. The number of rotatable bonds is 9. The number of fused-ring (bicyclic) bond motifs is 1. The number of Topliss-reactive ketones (excluding diaryl/α,β-unsaturated/α-hetero) is 1. The monoisotopic (exact) mass is 350 g/mol. The average molecular weight is 350 g/mol. The third-order valence-electron chi connectivity index (χ3n) is 4.93. The van der Waals surface area contributed by atoms with Gasteiger partial charge in [0.1, 0.15) is 0 Å². The van der Waals surface area contributed by atoms with Crippen LogP contribution < -0.4 is 4.90 Å². The third kappa shape index (κ3) is 4.20. The van der Waals surface area contributed by atoms with Crippen LogP contribution in [0.15, 0.2) is 54.6 Å². The van der Waals surface area contributed by atoms with Crippen molar-refractivity contribution in [1.82, 2.24) is 4.90 Å². The standard InChI is InChI=1S/C22H26N2O2/c1-2-23(17-18-11-5-3-6-12-18)15-9-4-10-16-24-20-14-8-7-13-19(20)21(25)22(24)26/h3,5-8,11-14H,2,4,9-10,15-17H2,1H3. The molecule has 2 aromatic rings. The number of ketones is 1. The fourth-order valence-electron chi connectivity index (χ4n) is 3.44. The van der Waals surface area contributed by atoms with Gasteiger partial charge < -0.3 is 4.90 Å². The number of unbranched alkanes of at least 4 members (excludes halogenated alkanes) is 2. The van der Waals surface area contributed by atoms with Crippen LogP contribution in [0.1, 0.15) is 42.1 Å². The number of nitrogens with zero attached hydrogens (tertiary/aromatic N) is 2. The molecule has 1 heterocycles. The second-order valence-electron chi connectivity index (χ2n) is 6.72. The highest BCUT2D eigenvalue weighted by atomic mass is 16.2. The van der Waals surface area contributed by atoms with E-state index >= 15 is 0 Å². The lowest BCUT2D eigenvalue weighted by atomic mass is 10.1. The van der Waals surface area contributed by atoms with Crippen LogP contribution in [0.5, 0.6) is 0 Å². The molecular weight excluding hydrogens is 324 g/mol. The number of hydrogen-bond donors (Lipinski definition) is 0. The van der Waals surface area contributed by atoms with E-state index in [2.05, 4.69) is 36.1 Å². The Morgan fingerprint density at radius 3 is 2.38 bits per heavy atom. The Kier molecular flexibility index (Phi) is 6.18. The molecule has 1 amide bonds. The van der Waals surface area contributed by atoms with E-state index in [1.54, 1.807) is 17.0 Å². The molecule has 3 rings (SSSR count). The number of carbonyl (C=O) groups excluding carboxylic acids is 2. The van der Waals surface area contributed by atoms with Gasteiger partial charge in [0.2, 0.25) is 0 Å². The first kappa shape index (κ1) is 18.3. The van der Waals surface area contributed by atoms with E-state index in [4.69, 9.17) is 0 Å². The van der Waals surface area contributed by atoms with Gasteiger partial charge in [0, 0.05) is 13.1 Å². The van der Waals surface area contributed by atoms with Gasteiger partial charge in [-0.05, 0) is 43.6 Å². The molecule has 0 atom stereocenters. The van der Waals surface area contributed by atoms with Crippen molar-refractivity contribution >= 4 is 17.4 Å². The van der Waals surface area contributed by atoms with Gasteiger partial charge in [-0.2, -0.15) is 0 Å². The second-order valence-corrected chi connectivity index (χ2v) is 6.72. The summed E-state index contributed by atoms with van der Waals surface area (Å²) < 4.78 is 0. The van der Waals surface area contributed by atoms with Crippen molar-refractivity contribution in [2.75, 3.05) is 24.5 Å². The van der Waals surface area contributed by atoms with Crippen molar-refractivity contribution in [2.45, 2.75) is 32.7 Å². The normalized spacial score (nSPS) is 13.5. The van der Waals surface area contributed by atoms with Crippen molar-refractivity contribution in [3.63, 3.8) is 0 Å². The fraction of sp³-hybridized carbons (Fsp3) is 0.364. The summed E-state index contributed by atoms with van der Waals surface area (Å²) in [4.78, 5) is 28.2. The highest BCUT2D eigenvalue weighted by molar-refractivity contribution is 6.52. The van der Waals surface area contributed by atoms with Crippen molar-refractivity contribution in [3.05, 3.63) is 65.7 Å². The van der Waals surface area contributed by atoms with Gasteiger partial charge in [-0.25, -0.2) is 0 Å². The Hall–Kier alpha value is -2.46. The van der Waals surface area contributed by atoms with Crippen LogP contribution in [-0.2, 0) is 11.3 Å². The molecule has 0 fully saturated rings. The Bertz CT molecular complexity index is 758. The maximum Gasteiger partial charge on any atom is 0.299 e. The lowest BCUT2D eigenvalue weighted by Gasteiger charge is -2.21. The maximum atomic E-state index is 12.2. The molecule has 1 aliphatic heterocycles. The number of anilines is 1. The number of hydrogen-bond acceptors (Lipinski definition) is 3. The van der Waals surface area contributed by atoms with Crippen LogP contribution in [0.25, 0.3) is 0 Å². The minimum atomic E-state index is -0.384. The molecule has 26 heavy (non-hydrogen) atoms. The smallest absolute Gasteiger partial charge is 0.299 e. The summed E-state index contributed by atoms with van der Waals surface area (Å²) in [5.74, 6) is -0.758. The molecule has 0 saturated carbocycles. The second kappa shape index (κ2) is 8.77. The molecule has 0 aliphatic carbocycles. The molecule has 4 heteroatoms. The van der Waals surface area contributed by atoms with Gasteiger partial charge in [-0.1, -0.05) is 55.8 Å². The molecule has 0 saturated heterocycles. The summed E-state index contributed by atoms with van der Waals surface area (Å²) in [6.07, 6.45) is 3.06. The minimum Gasteiger partial charge on any atom is -0.305 e. The molecule has 1 aliphatic rings. The SMILES string of the molecule is CCN(CCCCCN1C(=O)C(=O)c2ccccc21)Cc1ccccc1. The number of para-hydroxylation sites is 1. The van der Waals surface area contributed by atoms with Gasteiger partial charge in [0.25, 0.3) is 11.7 Å². The van der Waals surface area contributed by atoms with Gasteiger partial charge >= 0.3 is 0 Å². The van der Waals surface area contributed by atoms with Crippen LogP contribution in [0, 0.1) is 0 Å². The van der Waals surface area contributed by atoms with E-state index in [1.807, 2.05) is 18.2 Å². The van der Waals surface area contributed by atoms with Crippen LogP contribution in [0.2, 0.25) is 0 Å². The first-order valence-electron chi connectivity index (χ1n) is 9.42. The van der Waals surface area contributed by atoms with Gasteiger partial charge in [0.05, 0.1) is 11.3 Å². The van der Waals surface area contributed by atoms with Crippen LogP contribution >= 0.6 is 0 Å². The molecule has 0 radical (unpaired) electrons. The summed E-state index contributed by atoms with van der Waals surface area (Å²) in [7, 11) is 0. The first-order valence-corrected chi connectivity index (χ1v) is 9.42. The van der Waals surface area contributed by atoms with E-state index in [0.29, 0.717) is 12.1 Å². The zero-order valence-electron chi connectivity index (χ0n) is 15.4. The Morgan fingerprint density at radius 2 is 1.62 bits per heavy atom. The Labute approximate surface area is 155 Å². The predicted octanol–water partition coefficient (Wildman–Crippen LogP) is 3.91. The van der Waals surface area contributed by atoms with Crippen molar-refractivity contribution < 1.29 is 9.59 Å². The zero-order chi connectivity index (χ0) is 18.4. The predicted molar refractivity (Wildman–Crippen MR) is 104 cm³/mol. The van der Waals surface area contributed by atoms with Gasteiger partial charge in [-0.3, -0.25) is 14.5 Å². The molecule has 0 N–H and O–H groups in total. The van der Waals surface area contributed by atoms with Crippen molar-refractivity contribution in [1.29, 1.82) is 0 Å². The summed E-state index contributed by atoms with van der Waals surface area (Å²) in [6.45, 7) is 5.86. The van der Waals surface area contributed by atoms with E-state index in [0.717, 1.165) is 44.6 Å². The summed E-state index contributed by atoms with van der Waals surface area (Å²) in [6, 6.07) is 17.8. The number of carbonyl (C=O) groups is 2. The Balaban J connectivity index is 1.43. The van der Waals surface area contributed by atoms with E-state index in [1.165, 1.54) is 5.56 Å². The lowest BCUT2D eigenvalue weighted by molar-refractivity contribution is -0.114. The average Bonchev–Trinajstić information content (AvgIpc) is 2.92. The molecule has 0 unspecified atom stereocenters. The molecule has 2 aromatic carbocycles. The number of benzene rings is 2. The molecular formula is C22H26N2O2. The summed E-state index contributed by atoms with van der Waals surface area (Å²) in [5, 5.41) is 0. The largest absolute Gasteiger partial charge is 0.305 e. The first-order chi connectivity index (χ1) is 12.7. The van der Waals surface area contributed by atoms with Gasteiger partial charge in [-0.15, -0.1) is 0 Å². The molecule has 4 nitrogen and oxygen atoms in total. The van der Waals surface area contributed by atoms with Crippen LogP contribution in [-0.4, -0.2) is 36.2 Å².